The van der Waals surface area contributed by atoms with Gasteiger partial charge >= 0.3 is 6.18 Å². The number of likely N-dealkylation sites (tertiary alicyclic amines) is 1. The van der Waals surface area contributed by atoms with Crippen molar-refractivity contribution in [2.24, 2.45) is 11.7 Å². The van der Waals surface area contributed by atoms with E-state index in [0.29, 0.717) is 30.3 Å². The van der Waals surface area contributed by atoms with E-state index in [0.717, 1.165) is 31.2 Å². The predicted molar refractivity (Wildman–Crippen MR) is 113 cm³/mol. The van der Waals surface area contributed by atoms with E-state index in [1.807, 2.05) is 11.8 Å². The van der Waals surface area contributed by atoms with Crippen molar-refractivity contribution in [1.82, 2.24) is 9.88 Å². The summed E-state index contributed by atoms with van der Waals surface area (Å²) < 4.78 is 43.1. The Morgan fingerprint density at radius 3 is 2.40 bits per heavy atom. The van der Waals surface area contributed by atoms with Crippen LogP contribution < -0.4 is 10.5 Å². The molecule has 0 spiro atoms. The molecule has 0 radical (unpaired) electrons. The summed E-state index contributed by atoms with van der Waals surface area (Å²) in [5.74, 6) is 0.661. The van der Waals surface area contributed by atoms with Crippen molar-refractivity contribution in [1.29, 1.82) is 0 Å². The van der Waals surface area contributed by atoms with Crippen molar-refractivity contribution in [2.75, 3.05) is 13.1 Å². The number of carbonyl (C=O) groups is 1. The van der Waals surface area contributed by atoms with Gasteiger partial charge in [-0.1, -0.05) is 0 Å². The van der Waals surface area contributed by atoms with Crippen LogP contribution in [0.4, 0.5) is 13.2 Å². The lowest BCUT2D eigenvalue weighted by Gasteiger charge is -2.34. The number of nitrogens with zero attached hydrogens (tertiary/aromatic N) is 2. The van der Waals surface area contributed by atoms with Gasteiger partial charge in [0.2, 0.25) is 5.88 Å². The van der Waals surface area contributed by atoms with Gasteiger partial charge in [0, 0.05) is 37.0 Å². The second kappa shape index (κ2) is 10.8. The lowest BCUT2D eigenvalue weighted by Crippen LogP contribution is -2.45. The zero-order valence-electron chi connectivity index (χ0n) is 16.3. The van der Waals surface area contributed by atoms with Gasteiger partial charge in [0.05, 0.1) is 5.56 Å². The molecule has 1 aromatic heterocycles. The smallest absolute Gasteiger partial charge is 0.417 e. The summed E-state index contributed by atoms with van der Waals surface area (Å²) in [7, 11) is 0. The van der Waals surface area contributed by atoms with Gasteiger partial charge in [0.25, 0.3) is 5.91 Å². The Hall–Kier alpha value is -2.03. The van der Waals surface area contributed by atoms with E-state index >= 15 is 0 Å². The van der Waals surface area contributed by atoms with Gasteiger partial charge in [0.1, 0.15) is 5.75 Å². The van der Waals surface area contributed by atoms with E-state index in [1.54, 1.807) is 24.3 Å². The van der Waals surface area contributed by atoms with Crippen LogP contribution in [0.15, 0.2) is 42.6 Å². The molecule has 3 rings (SSSR count). The van der Waals surface area contributed by atoms with E-state index in [4.69, 9.17) is 10.5 Å². The number of benzene rings is 1. The van der Waals surface area contributed by atoms with Crippen molar-refractivity contribution >= 4 is 30.7 Å². The number of hydrogen-bond donors (Lipinski definition) is 1. The summed E-state index contributed by atoms with van der Waals surface area (Å²) in [4.78, 5) is 18.2. The second-order valence-electron chi connectivity index (χ2n) is 7.02. The maximum atomic E-state index is 12.7. The fourth-order valence-electron chi connectivity index (χ4n) is 3.20. The maximum Gasteiger partial charge on any atom is 0.417 e. The number of carbonyl (C=O) groups excluding carboxylic acids is 1. The van der Waals surface area contributed by atoms with Crippen LogP contribution in [0.5, 0.6) is 11.6 Å². The van der Waals surface area contributed by atoms with Gasteiger partial charge in [-0.2, -0.15) is 13.2 Å². The van der Waals surface area contributed by atoms with Gasteiger partial charge in [-0.25, -0.2) is 4.98 Å². The van der Waals surface area contributed by atoms with Crippen LogP contribution in [0, 0.1) is 5.92 Å². The number of halogens is 5. The summed E-state index contributed by atoms with van der Waals surface area (Å²) in [6, 6.07) is 8.57. The van der Waals surface area contributed by atoms with Crippen molar-refractivity contribution < 1.29 is 22.7 Å². The second-order valence-corrected chi connectivity index (χ2v) is 7.02. The molecule has 1 aliphatic heterocycles. The van der Waals surface area contributed by atoms with Crippen LogP contribution in [0.3, 0.4) is 0 Å². The Labute approximate surface area is 185 Å². The third-order valence-electron chi connectivity index (χ3n) is 4.88. The van der Waals surface area contributed by atoms with E-state index in [1.165, 1.54) is 0 Å². The number of amides is 1. The first-order valence-corrected chi connectivity index (χ1v) is 9.10. The summed E-state index contributed by atoms with van der Waals surface area (Å²) in [5, 5.41) is 0. The molecule has 1 fully saturated rings. The summed E-state index contributed by atoms with van der Waals surface area (Å²) in [6.07, 6.45) is -1.77. The molecule has 1 aromatic carbocycles. The molecule has 2 atom stereocenters. The molecule has 0 bridgehead atoms. The molecule has 5 nitrogen and oxygen atoms in total. The van der Waals surface area contributed by atoms with Crippen molar-refractivity contribution in [3.63, 3.8) is 0 Å². The molecule has 0 saturated carbocycles. The Morgan fingerprint density at radius 1 is 1.20 bits per heavy atom. The Morgan fingerprint density at radius 2 is 1.87 bits per heavy atom. The number of nitrogens with two attached hydrogens (primary N) is 1. The number of rotatable bonds is 4. The number of alkyl halides is 3. The molecule has 30 heavy (non-hydrogen) atoms. The summed E-state index contributed by atoms with van der Waals surface area (Å²) in [5.41, 5.74) is 5.66. The van der Waals surface area contributed by atoms with Crippen molar-refractivity contribution in [3.05, 3.63) is 53.7 Å². The van der Waals surface area contributed by atoms with Crippen LogP contribution in [-0.2, 0) is 6.18 Å². The van der Waals surface area contributed by atoms with Crippen LogP contribution >= 0.6 is 24.8 Å². The molecular formula is C20H24Cl2F3N3O2. The van der Waals surface area contributed by atoms with Crippen LogP contribution in [0.1, 0.15) is 35.7 Å². The fraction of sp³-hybridized carbons (Fsp3) is 0.400. The molecule has 2 aromatic rings. The van der Waals surface area contributed by atoms with Gasteiger partial charge in [-0.15, -0.1) is 24.8 Å². The fourth-order valence-corrected chi connectivity index (χ4v) is 3.20. The molecule has 2 heterocycles. The minimum Gasteiger partial charge on any atom is -0.439 e. The highest BCUT2D eigenvalue weighted by molar-refractivity contribution is 5.94. The first kappa shape index (κ1) is 26.0. The zero-order chi connectivity index (χ0) is 20.3. The molecule has 1 aliphatic rings. The molecule has 2 unspecified atom stereocenters. The van der Waals surface area contributed by atoms with Crippen LogP contribution in [0.25, 0.3) is 0 Å². The van der Waals surface area contributed by atoms with Gasteiger partial charge < -0.3 is 15.4 Å². The Bertz CT molecular complexity index is 816. The highest BCUT2D eigenvalue weighted by Gasteiger charge is 2.30. The molecule has 1 saturated heterocycles. The molecule has 10 heteroatoms. The van der Waals surface area contributed by atoms with E-state index in [9.17, 15) is 18.0 Å². The number of piperidine rings is 1. The standard InChI is InChI=1S/C20H22F3N3O2.2ClH/c1-13(24)15-3-2-10-26(12-15)19(27)14-4-7-17(8-5-14)28-18-9-6-16(11-25-18)20(21,22)23;;/h4-9,11,13,15H,2-3,10,12,24H2,1H3;2*1H. The highest BCUT2D eigenvalue weighted by atomic mass is 35.5. The zero-order valence-corrected chi connectivity index (χ0v) is 17.9. The summed E-state index contributed by atoms with van der Waals surface area (Å²) in [6.45, 7) is 3.31. The third kappa shape index (κ3) is 6.48. The summed E-state index contributed by atoms with van der Waals surface area (Å²) >= 11 is 0. The molecule has 1 amide bonds. The van der Waals surface area contributed by atoms with E-state index < -0.39 is 11.7 Å². The Kier molecular flexibility index (Phi) is 9.39. The van der Waals surface area contributed by atoms with Gasteiger partial charge in [0.15, 0.2) is 0 Å². The first-order valence-electron chi connectivity index (χ1n) is 9.10. The third-order valence-corrected chi connectivity index (χ3v) is 4.88. The van der Waals surface area contributed by atoms with Gasteiger partial charge in [-0.3, -0.25) is 4.79 Å². The van der Waals surface area contributed by atoms with Crippen LogP contribution in [0.2, 0.25) is 0 Å². The molecular weight excluding hydrogens is 442 g/mol. The minimum atomic E-state index is -4.44. The average molecular weight is 466 g/mol. The lowest BCUT2D eigenvalue weighted by atomic mass is 9.92. The molecule has 2 N–H and O–H groups in total. The first-order chi connectivity index (χ1) is 13.2. The van der Waals surface area contributed by atoms with Gasteiger partial charge in [-0.05, 0) is 56.0 Å². The number of ether oxygens (including phenoxy) is 1. The minimum absolute atomic E-state index is 0. The number of aromatic nitrogens is 1. The molecule has 166 valence electrons. The van der Waals surface area contributed by atoms with Crippen molar-refractivity contribution in [2.45, 2.75) is 32.0 Å². The maximum absolute atomic E-state index is 12.7. The Balaban J connectivity index is 0.00000225. The highest BCUT2D eigenvalue weighted by Crippen LogP contribution is 2.30. The normalized spacial score (nSPS) is 17.4. The average Bonchev–Trinajstić information content (AvgIpc) is 2.68. The molecule has 0 aliphatic carbocycles. The SMILES string of the molecule is CC(N)C1CCCN(C(=O)c2ccc(Oc3ccc(C(F)(F)F)cn3)cc2)C1.Cl.Cl. The van der Waals surface area contributed by atoms with Crippen LogP contribution in [-0.4, -0.2) is 34.9 Å². The van der Waals surface area contributed by atoms with E-state index in [-0.39, 0.29) is 42.6 Å². The topological polar surface area (TPSA) is 68.5 Å². The quantitative estimate of drug-likeness (QED) is 0.694. The van der Waals surface area contributed by atoms with E-state index in [2.05, 4.69) is 4.98 Å². The number of pyridine rings is 1. The predicted octanol–water partition coefficient (Wildman–Crippen LogP) is 4.94. The lowest BCUT2D eigenvalue weighted by molar-refractivity contribution is -0.137. The monoisotopic (exact) mass is 465 g/mol. The largest absolute Gasteiger partial charge is 0.439 e. The van der Waals surface area contributed by atoms with Crippen molar-refractivity contribution in [3.8, 4) is 11.6 Å². The number of hydrogen-bond acceptors (Lipinski definition) is 4.